The molecule has 0 spiro atoms. The van der Waals surface area contributed by atoms with Gasteiger partial charge in [0.2, 0.25) is 5.91 Å². The maximum Gasteiger partial charge on any atom is 0.228 e. The molecule has 1 amide bonds. The summed E-state index contributed by atoms with van der Waals surface area (Å²) in [7, 11) is 0. The number of amides is 1. The van der Waals surface area contributed by atoms with Crippen molar-refractivity contribution in [2.24, 2.45) is 17.1 Å². The lowest BCUT2D eigenvalue weighted by Gasteiger charge is -2.24. The highest BCUT2D eigenvalue weighted by molar-refractivity contribution is 6.34. The van der Waals surface area contributed by atoms with E-state index in [0.717, 1.165) is 5.56 Å². The Balaban J connectivity index is 2.89. The maximum absolute atomic E-state index is 12.3. The van der Waals surface area contributed by atoms with Crippen molar-refractivity contribution in [1.29, 1.82) is 0 Å². The molecule has 112 valence electrons. The van der Waals surface area contributed by atoms with Gasteiger partial charge in [0.1, 0.15) is 5.15 Å². The van der Waals surface area contributed by atoms with E-state index in [1.165, 1.54) is 0 Å². The van der Waals surface area contributed by atoms with Crippen molar-refractivity contribution >= 4 is 34.8 Å². The first kappa shape index (κ1) is 17.2. The van der Waals surface area contributed by atoms with Crippen LogP contribution in [0.1, 0.15) is 32.8 Å². The topological polar surface area (TPSA) is 68.0 Å². The van der Waals surface area contributed by atoms with Crippen LogP contribution in [0.15, 0.2) is 6.07 Å². The van der Waals surface area contributed by atoms with Gasteiger partial charge in [0.05, 0.1) is 11.6 Å². The van der Waals surface area contributed by atoms with Gasteiger partial charge in [-0.1, -0.05) is 44.0 Å². The molecule has 1 rings (SSSR count). The molecule has 1 aromatic heterocycles. The summed E-state index contributed by atoms with van der Waals surface area (Å²) >= 11 is 11.8. The van der Waals surface area contributed by atoms with Crippen molar-refractivity contribution in [3.05, 3.63) is 21.9 Å². The molecule has 3 N–H and O–H groups in total. The number of hydrogen-bond acceptors (Lipinski definition) is 3. The van der Waals surface area contributed by atoms with Crippen molar-refractivity contribution in [3.63, 3.8) is 0 Å². The number of halogens is 2. The molecule has 0 aliphatic rings. The molecule has 1 atom stereocenters. The van der Waals surface area contributed by atoms with E-state index in [2.05, 4.69) is 31.1 Å². The fourth-order valence-corrected chi connectivity index (χ4v) is 2.57. The number of aryl methyl sites for hydroxylation is 1. The molecule has 1 aromatic rings. The number of nitrogens with zero attached hydrogens (tertiary/aromatic N) is 1. The normalized spacial score (nSPS) is 13.2. The van der Waals surface area contributed by atoms with Crippen molar-refractivity contribution in [3.8, 4) is 0 Å². The maximum atomic E-state index is 12.3. The minimum absolute atomic E-state index is 0.0263. The largest absolute Gasteiger partial charge is 0.330 e. The first-order valence-corrected chi connectivity index (χ1v) is 7.23. The number of carbonyl (C=O) groups is 1. The third kappa shape index (κ3) is 4.93. The molecular formula is C14H21Cl2N3O. The van der Waals surface area contributed by atoms with E-state index in [4.69, 9.17) is 28.9 Å². The highest BCUT2D eigenvalue weighted by Gasteiger charge is 2.24. The zero-order chi connectivity index (χ0) is 15.5. The summed E-state index contributed by atoms with van der Waals surface area (Å²) in [4.78, 5) is 16.2. The highest BCUT2D eigenvalue weighted by atomic mass is 35.5. The third-order valence-corrected chi connectivity index (χ3v) is 3.37. The molecule has 0 aromatic carbocycles. The van der Waals surface area contributed by atoms with E-state index in [-0.39, 0.29) is 22.4 Å². The first-order chi connectivity index (χ1) is 9.14. The average molecular weight is 318 g/mol. The minimum atomic E-state index is -0.263. The standard InChI is InChI=1S/C14H21Cl2N3O/c1-8-5-10(15)18-12(16)11(8)19-13(20)9(7-17)6-14(2,3)4/h5,9H,6-7,17H2,1-4H3,(H,19,20). The summed E-state index contributed by atoms with van der Waals surface area (Å²) in [5, 5.41) is 3.30. The summed E-state index contributed by atoms with van der Waals surface area (Å²) < 4.78 is 0. The van der Waals surface area contributed by atoms with Crippen LogP contribution in [-0.2, 0) is 4.79 Å². The molecule has 0 fully saturated rings. The molecule has 6 heteroatoms. The summed E-state index contributed by atoms with van der Waals surface area (Å²) in [5.74, 6) is -0.405. The zero-order valence-electron chi connectivity index (χ0n) is 12.3. The van der Waals surface area contributed by atoms with Crippen LogP contribution in [0.2, 0.25) is 10.3 Å². The van der Waals surface area contributed by atoms with Crippen LogP contribution in [0.3, 0.4) is 0 Å². The number of aromatic nitrogens is 1. The molecule has 0 bridgehead atoms. The molecule has 1 heterocycles. The summed E-state index contributed by atoms with van der Waals surface area (Å²) in [6, 6.07) is 1.66. The summed E-state index contributed by atoms with van der Waals surface area (Å²) in [6.07, 6.45) is 0.701. The number of carbonyl (C=O) groups excluding carboxylic acids is 1. The van der Waals surface area contributed by atoms with Gasteiger partial charge >= 0.3 is 0 Å². The molecule has 0 saturated carbocycles. The second-order valence-electron chi connectivity index (χ2n) is 6.11. The van der Waals surface area contributed by atoms with Crippen LogP contribution in [0, 0.1) is 18.3 Å². The van der Waals surface area contributed by atoms with Gasteiger partial charge in [-0.15, -0.1) is 0 Å². The third-order valence-electron chi connectivity index (χ3n) is 2.90. The average Bonchev–Trinajstić information content (AvgIpc) is 2.29. The summed E-state index contributed by atoms with van der Waals surface area (Å²) in [5.41, 5.74) is 7.00. The van der Waals surface area contributed by atoms with Crippen LogP contribution in [0.4, 0.5) is 5.69 Å². The first-order valence-electron chi connectivity index (χ1n) is 6.47. The van der Waals surface area contributed by atoms with Crippen LogP contribution >= 0.6 is 23.2 Å². The van der Waals surface area contributed by atoms with Crippen molar-refractivity contribution in [2.75, 3.05) is 11.9 Å². The number of nitrogens with one attached hydrogen (secondary N) is 1. The van der Waals surface area contributed by atoms with Crippen molar-refractivity contribution in [1.82, 2.24) is 4.98 Å². The Hall–Kier alpha value is -0.840. The molecule has 0 aliphatic heterocycles. The Labute approximate surface area is 130 Å². The second kappa shape index (κ2) is 6.74. The summed E-state index contributed by atoms with van der Waals surface area (Å²) in [6.45, 7) is 8.33. The molecule has 0 saturated heterocycles. The Morgan fingerprint density at radius 1 is 1.45 bits per heavy atom. The molecular weight excluding hydrogens is 297 g/mol. The smallest absolute Gasteiger partial charge is 0.228 e. The minimum Gasteiger partial charge on any atom is -0.330 e. The van der Waals surface area contributed by atoms with Gasteiger partial charge < -0.3 is 11.1 Å². The van der Waals surface area contributed by atoms with E-state index in [0.29, 0.717) is 23.8 Å². The van der Waals surface area contributed by atoms with Gasteiger partial charge in [-0.25, -0.2) is 4.98 Å². The Morgan fingerprint density at radius 3 is 2.50 bits per heavy atom. The van der Waals surface area contributed by atoms with Crippen LogP contribution in [0.5, 0.6) is 0 Å². The second-order valence-corrected chi connectivity index (χ2v) is 6.86. The van der Waals surface area contributed by atoms with Crippen molar-refractivity contribution < 1.29 is 4.79 Å². The number of hydrogen-bond donors (Lipinski definition) is 2. The number of rotatable bonds is 4. The lowest BCUT2D eigenvalue weighted by molar-refractivity contribution is -0.120. The lowest BCUT2D eigenvalue weighted by Crippen LogP contribution is -2.32. The molecule has 4 nitrogen and oxygen atoms in total. The number of pyridine rings is 1. The Morgan fingerprint density at radius 2 is 2.05 bits per heavy atom. The van der Waals surface area contributed by atoms with E-state index >= 15 is 0 Å². The molecule has 20 heavy (non-hydrogen) atoms. The van der Waals surface area contributed by atoms with Crippen LogP contribution in [-0.4, -0.2) is 17.4 Å². The Bertz CT molecular complexity index is 475. The van der Waals surface area contributed by atoms with E-state index in [1.807, 2.05) is 6.92 Å². The van der Waals surface area contributed by atoms with Crippen LogP contribution < -0.4 is 11.1 Å². The van der Waals surface area contributed by atoms with Gasteiger partial charge in [0.25, 0.3) is 0 Å². The zero-order valence-corrected chi connectivity index (χ0v) is 13.8. The molecule has 0 aliphatic carbocycles. The van der Waals surface area contributed by atoms with Gasteiger partial charge in [-0.3, -0.25) is 4.79 Å². The SMILES string of the molecule is Cc1cc(Cl)nc(Cl)c1NC(=O)C(CN)CC(C)(C)C. The van der Waals surface area contributed by atoms with E-state index in [1.54, 1.807) is 6.07 Å². The fraction of sp³-hybridized carbons (Fsp3) is 0.571. The van der Waals surface area contributed by atoms with E-state index < -0.39 is 0 Å². The van der Waals surface area contributed by atoms with Crippen LogP contribution in [0.25, 0.3) is 0 Å². The lowest BCUT2D eigenvalue weighted by atomic mass is 9.84. The molecule has 0 radical (unpaired) electrons. The van der Waals surface area contributed by atoms with Gasteiger partial charge in [0, 0.05) is 6.54 Å². The van der Waals surface area contributed by atoms with Crippen molar-refractivity contribution in [2.45, 2.75) is 34.1 Å². The Kier molecular flexibility index (Phi) is 5.80. The quantitative estimate of drug-likeness (QED) is 0.833. The van der Waals surface area contributed by atoms with Gasteiger partial charge in [-0.05, 0) is 30.4 Å². The predicted molar refractivity (Wildman–Crippen MR) is 84.2 cm³/mol. The monoisotopic (exact) mass is 317 g/mol. The molecule has 1 unspecified atom stereocenters. The number of anilines is 1. The highest BCUT2D eigenvalue weighted by Crippen LogP contribution is 2.29. The van der Waals surface area contributed by atoms with Gasteiger partial charge in [0.15, 0.2) is 5.15 Å². The predicted octanol–water partition coefficient (Wildman–Crippen LogP) is 3.65. The fourth-order valence-electron chi connectivity index (χ4n) is 1.99. The number of nitrogens with two attached hydrogens (primary N) is 1. The van der Waals surface area contributed by atoms with Gasteiger partial charge in [-0.2, -0.15) is 0 Å². The van der Waals surface area contributed by atoms with E-state index in [9.17, 15) is 4.79 Å².